The molecule has 1 rings (SSSR count). The molecule has 1 N–H and O–H groups in total. The maximum Gasteiger partial charge on any atom is 0.0164 e. The molecule has 0 radical (unpaired) electrons. The Morgan fingerprint density at radius 3 is 2.43 bits per heavy atom. The van der Waals surface area contributed by atoms with Crippen LogP contribution in [-0.2, 0) is 0 Å². The number of rotatable bonds is 6. The van der Waals surface area contributed by atoms with Crippen LogP contribution in [0.25, 0.3) is 0 Å². The second-order valence-corrected chi connectivity index (χ2v) is 4.51. The number of hydrogen-bond donors (Lipinski definition) is 1. The first-order valence-electron chi connectivity index (χ1n) is 5.35. The Hall–Kier alpha value is -0.600. The van der Waals surface area contributed by atoms with E-state index >= 15 is 0 Å². The van der Waals surface area contributed by atoms with E-state index in [-0.39, 0.29) is 0 Å². The first-order valence-corrected chi connectivity index (χ1v) is 5.35. The Morgan fingerprint density at radius 1 is 1.36 bits per heavy atom. The van der Waals surface area contributed by atoms with Gasteiger partial charge in [-0.15, -0.1) is 13.2 Å². The minimum absolute atomic E-state index is 0.437. The third-order valence-corrected chi connectivity index (χ3v) is 2.84. The largest absolute Gasteiger partial charge is 0.316 e. The summed E-state index contributed by atoms with van der Waals surface area (Å²) in [5.41, 5.74) is 0.437. The van der Waals surface area contributed by atoms with Crippen molar-refractivity contribution < 1.29 is 0 Å². The van der Waals surface area contributed by atoms with Crippen LogP contribution in [0.2, 0.25) is 0 Å². The first-order chi connectivity index (χ1) is 6.70. The van der Waals surface area contributed by atoms with Gasteiger partial charge in [-0.3, -0.25) is 4.90 Å². The van der Waals surface area contributed by atoms with Crippen LogP contribution in [0.4, 0.5) is 0 Å². The molecule has 1 aliphatic rings. The minimum Gasteiger partial charge on any atom is -0.316 e. The van der Waals surface area contributed by atoms with E-state index in [1.165, 1.54) is 6.42 Å². The molecule has 80 valence electrons. The van der Waals surface area contributed by atoms with Crippen molar-refractivity contribution in [3.63, 3.8) is 0 Å². The van der Waals surface area contributed by atoms with Crippen molar-refractivity contribution in [1.82, 2.24) is 10.2 Å². The molecular formula is C12H22N2. The van der Waals surface area contributed by atoms with Crippen LogP contribution in [0.3, 0.4) is 0 Å². The normalized spacial score (nSPS) is 26.7. The summed E-state index contributed by atoms with van der Waals surface area (Å²) in [6, 6.07) is 0. The zero-order valence-electron chi connectivity index (χ0n) is 9.26. The molecule has 1 aliphatic heterocycles. The van der Waals surface area contributed by atoms with E-state index in [1.807, 2.05) is 12.2 Å². The highest BCUT2D eigenvalue weighted by Crippen LogP contribution is 2.25. The molecule has 1 saturated heterocycles. The van der Waals surface area contributed by atoms with E-state index in [2.05, 4.69) is 30.3 Å². The molecule has 1 heterocycles. The number of nitrogens with one attached hydrogen (secondary N) is 1. The van der Waals surface area contributed by atoms with Gasteiger partial charge in [0, 0.05) is 26.2 Å². The van der Waals surface area contributed by atoms with Crippen LogP contribution in [-0.4, -0.2) is 37.6 Å². The van der Waals surface area contributed by atoms with E-state index < -0.39 is 0 Å². The molecule has 0 saturated carbocycles. The summed E-state index contributed by atoms with van der Waals surface area (Å²) < 4.78 is 0. The van der Waals surface area contributed by atoms with Crippen LogP contribution in [0, 0.1) is 5.41 Å². The van der Waals surface area contributed by atoms with Gasteiger partial charge in [-0.05, 0) is 18.4 Å². The van der Waals surface area contributed by atoms with E-state index in [0.29, 0.717) is 5.41 Å². The lowest BCUT2D eigenvalue weighted by Crippen LogP contribution is -2.37. The van der Waals surface area contributed by atoms with Gasteiger partial charge in [0.2, 0.25) is 0 Å². The third kappa shape index (κ3) is 3.28. The van der Waals surface area contributed by atoms with E-state index in [4.69, 9.17) is 0 Å². The molecule has 2 heteroatoms. The molecule has 2 nitrogen and oxygen atoms in total. The fraction of sp³-hybridized carbons (Fsp3) is 0.667. The van der Waals surface area contributed by atoms with Crippen LogP contribution < -0.4 is 5.32 Å². The quantitative estimate of drug-likeness (QED) is 0.647. The van der Waals surface area contributed by atoms with Gasteiger partial charge in [-0.2, -0.15) is 0 Å². The molecule has 1 unspecified atom stereocenters. The van der Waals surface area contributed by atoms with Crippen molar-refractivity contribution in [2.45, 2.75) is 13.3 Å². The molecule has 1 atom stereocenters. The topological polar surface area (TPSA) is 15.3 Å². The zero-order chi connectivity index (χ0) is 10.4. The lowest BCUT2D eigenvalue weighted by Gasteiger charge is -2.30. The molecule has 0 bridgehead atoms. The van der Waals surface area contributed by atoms with Crippen molar-refractivity contribution in [3.05, 3.63) is 25.3 Å². The molecule has 0 aromatic heterocycles. The third-order valence-electron chi connectivity index (χ3n) is 2.84. The average molecular weight is 194 g/mol. The highest BCUT2D eigenvalue weighted by molar-refractivity contribution is 4.90. The zero-order valence-corrected chi connectivity index (χ0v) is 9.26. The second kappa shape index (κ2) is 5.32. The van der Waals surface area contributed by atoms with Crippen molar-refractivity contribution in [2.75, 3.05) is 32.7 Å². The van der Waals surface area contributed by atoms with Gasteiger partial charge in [-0.1, -0.05) is 19.1 Å². The highest BCUT2D eigenvalue weighted by Gasteiger charge is 2.29. The van der Waals surface area contributed by atoms with Gasteiger partial charge in [-0.25, -0.2) is 0 Å². The summed E-state index contributed by atoms with van der Waals surface area (Å²) in [5.74, 6) is 0. The summed E-state index contributed by atoms with van der Waals surface area (Å²) in [6.45, 7) is 15.3. The van der Waals surface area contributed by atoms with Gasteiger partial charge in [0.15, 0.2) is 0 Å². The van der Waals surface area contributed by atoms with Gasteiger partial charge >= 0.3 is 0 Å². The van der Waals surface area contributed by atoms with Gasteiger partial charge in [0.1, 0.15) is 0 Å². The molecule has 0 aromatic carbocycles. The van der Waals surface area contributed by atoms with Crippen molar-refractivity contribution in [2.24, 2.45) is 5.41 Å². The van der Waals surface area contributed by atoms with Crippen LogP contribution in [0.5, 0.6) is 0 Å². The fourth-order valence-corrected chi connectivity index (χ4v) is 2.11. The SMILES string of the molecule is C=CCN(CC=C)CC1(C)CCNC1. The van der Waals surface area contributed by atoms with E-state index in [0.717, 1.165) is 32.7 Å². The second-order valence-electron chi connectivity index (χ2n) is 4.51. The molecule has 1 fully saturated rings. The predicted octanol–water partition coefficient (Wildman–Crippen LogP) is 1.66. The van der Waals surface area contributed by atoms with E-state index in [1.54, 1.807) is 0 Å². The Balaban J connectivity index is 2.43. The number of hydrogen-bond acceptors (Lipinski definition) is 2. The van der Waals surface area contributed by atoms with E-state index in [9.17, 15) is 0 Å². The standard InChI is InChI=1S/C12H22N2/c1-4-8-14(9-5-2)11-12(3)6-7-13-10-12/h4-5,13H,1-2,6-11H2,3H3. The van der Waals surface area contributed by atoms with Crippen molar-refractivity contribution in [3.8, 4) is 0 Å². The summed E-state index contributed by atoms with van der Waals surface area (Å²) in [6.07, 6.45) is 5.21. The minimum atomic E-state index is 0.437. The monoisotopic (exact) mass is 194 g/mol. The lowest BCUT2D eigenvalue weighted by molar-refractivity contribution is 0.207. The van der Waals surface area contributed by atoms with Gasteiger partial charge in [0.05, 0.1) is 0 Å². The Kier molecular flexibility index (Phi) is 4.36. The first kappa shape index (κ1) is 11.5. The Bertz CT molecular complexity index is 182. The summed E-state index contributed by atoms with van der Waals surface area (Å²) in [4.78, 5) is 2.40. The molecule has 0 amide bonds. The molecular weight excluding hydrogens is 172 g/mol. The molecule has 14 heavy (non-hydrogen) atoms. The smallest absolute Gasteiger partial charge is 0.0164 e. The molecule has 0 aliphatic carbocycles. The van der Waals surface area contributed by atoms with Crippen molar-refractivity contribution in [1.29, 1.82) is 0 Å². The van der Waals surface area contributed by atoms with Crippen LogP contribution in [0.1, 0.15) is 13.3 Å². The van der Waals surface area contributed by atoms with Gasteiger partial charge in [0.25, 0.3) is 0 Å². The van der Waals surface area contributed by atoms with Crippen LogP contribution >= 0.6 is 0 Å². The highest BCUT2D eigenvalue weighted by atomic mass is 15.1. The summed E-state index contributed by atoms with van der Waals surface area (Å²) >= 11 is 0. The molecule has 0 aromatic rings. The maximum atomic E-state index is 3.79. The van der Waals surface area contributed by atoms with Gasteiger partial charge < -0.3 is 5.32 Å². The maximum absolute atomic E-state index is 3.79. The Labute approximate surface area is 87.7 Å². The van der Waals surface area contributed by atoms with Crippen LogP contribution in [0.15, 0.2) is 25.3 Å². The average Bonchev–Trinajstić information content (AvgIpc) is 2.53. The molecule has 0 spiro atoms. The fourth-order valence-electron chi connectivity index (χ4n) is 2.11. The summed E-state index contributed by atoms with van der Waals surface area (Å²) in [5, 5.41) is 3.42. The van der Waals surface area contributed by atoms with Crippen molar-refractivity contribution >= 4 is 0 Å². The predicted molar refractivity (Wildman–Crippen MR) is 62.4 cm³/mol. The Morgan fingerprint density at radius 2 is 2.00 bits per heavy atom. The lowest BCUT2D eigenvalue weighted by atomic mass is 9.89. The number of nitrogens with zero attached hydrogens (tertiary/aromatic N) is 1. The summed E-state index contributed by atoms with van der Waals surface area (Å²) in [7, 11) is 0.